The van der Waals surface area contributed by atoms with Crippen LogP contribution in [0.25, 0.3) is 0 Å². The molecule has 1 aromatic heterocycles. The molecular weight excluding hydrogens is 366 g/mol. The summed E-state index contributed by atoms with van der Waals surface area (Å²) in [7, 11) is 0. The largest absolute Gasteiger partial charge is 0.338 e. The van der Waals surface area contributed by atoms with Crippen molar-refractivity contribution in [3.63, 3.8) is 0 Å². The summed E-state index contributed by atoms with van der Waals surface area (Å²) in [6.45, 7) is 5.44. The lowest BCUT2D eigenvalue weighted by Gasteiger charge is -2.40. The molecule has 3 heterocycles. The van der Waals surface area contributed by atoms with Gasteiger partial charge in [0.15, 0.2) is 5.82 Å². The number of aromatic nitrogens is 2. The number of carbonyl (C=O) groups is 1. The summed E-state index contributed by atoms with van der Waals surface area (Å²) < 4.78 is 5.27. The Labute approximate surface area is 172 Å². The third kappa shape index (κ3) is 5.15. The van der Waals surface area contributed by atoms with Crippen molar-refractivity contribution in [2.45, 2.75) is 58.0 Å². The fourth-order valence-electron chi connectivity index (χ4n) is 4.68. The van der Waals surface area contributed by atoms with E-state index in [0.29, 0.717) is 23.7 Å². The summed E-state index contributed by atoms with van der Waals surface area (Å²) in [6.07, 6.45) is 6.83. The highest BCUT2D eigenvalue weighted by Crippen LogP contribution is 2.31. The molecule has 2 aromatic rings. The first-order valence-corrected chi connectivity index (χ1v) is 10.8. The first-order valence-electron chi connectivity index (χ1n) is 10.8. The average Bonchev–Trinajstić information content (AvgIpc) is 2.99. The van der Waals surface area contributed by atoms with Crippen LogP contribution >= 0.6 is 0 Å². The summed E-state index contributed by atoms with van der Waals surface area (Å²) >= 11 is 0. The van der Waals surface area contributed by atoms with Gasteiger partial charge in [0, 0.05) is 18.3 Å². The minimum absolute atomic E-state index is 0.0480. The molecule has 0 unspecified atom stereocenters. The van der Waals surface area contributed by atoms with Crippen LogP contribution in [0.3, 0.4) is 0 Å². The molecule has 156 valence electrons. The third-order valence-corrected chi connectivity index (χ3v) is 6.19. The van der Waals surface area contributed by atoms with E-state index in [1.807, 2.05) is 37.3 Å². The van der Waals surface area contributed by atoms with E-state index < -0.39 is 0 Å². The number of hydrogen-bond acceptors (Lipinski definition) is 5. The smallest absolute Gasteiger partial charge is 0.322 e. The van der Waals surface area contributed by atoms with Gasteiger partial charge in [-0.1, -0.05) is 36.2 Å². The van der Waals surface area contributed by atoms with Gasteiger partial charge in [0.1, 0.15) is 0 Å². The molecule has 2 amide bonds. The molecular formula is C22H31N5O2. The van der Waals surface area contributed by atoms with E-state index in [9.17, 15) is 4.79 Å². The number of piperidine rings is 1. The van der Waals surface area contributed by atoms with E-state index in [0.717, 1.165) is 57.5 Å². The fraction of sp³-hybridized carbons (Fsp3) is 0.591. The Balaban J connectivity index is 1.36. The summed E-state index contributed by atoms with van der Waals surface area (Å²) in [5, 5.41) is 6.98. The van der Waals surface area contributed by atoms with Crippen LogP contribution in [0.4, 0.5) is 10.5 Å². The van der Waals surface area contributed by atoms with Crippen LogP contribution in [0.1, 0.15) is 50.2 Å². The first-order chi connectivity index (χ1) is 14.2. The van der Waals surface area contributed by atoms with Crippen molar-refractivity contribution in [1.82, 2.24) is 19.9 Å². The number of carbonyl (C=O) groups excluding carboxylic acids is 1. The minimum atomic E-state index is 0.0480. The maximum atomic E-state index is 13.1. The van der Waals surface area contributed by atoms with Crippen molar-refractivity contribution < 1.29 is 9.32 Å². The van der Waals surface area contributed by atoms with Crippen molar-refractivity contribution in [1.29, 1.82) is 0 Å². The Morgan fingerprint density at radius 3 is 2.62 bits per heavy atom. The molecule has 1 aromatic carbocycles. The van der Waals surface area contributed by atoms with Gasteiger partial charge in [-0.25, -0.2) is 4.79 Å². The highest BCUT2D eigenvalue weighted by atomic mass is 16.5. The van der Waals surface area contributed by atoms with Crippen LogP contribution < -0.4 is 5.32 Å². The lowest BCUT2D eigenvalue weighted by Crippen LogP contribution is -2.49. The highest BCUT2D eigenvalue weighted by molar-refractivity contribution is 5.89. The molecule has 7 nitrogen and oxygen atoms in total. The van der Waals surface area contributed by atoms with E-state index in [1.165, 1.54) is 12.8 Å². The second-order valence-electron chi connectivity index (χ2n) is 8.26. The molecule has 0 aliphatic carbocycles. The Morgan fingerprint density at radius 2 is 1.90 bits per heavy atom. The van der Waals surface area contributed by atoms with Gasteiger partial charge in [-0.15, -0.1) is 0 Å². The molecule has 0 saturated carbocycles. The van der Waals surface area contributed by atoms with Crippen molar-refractivity contribution in [3.8, 4) is 0 Å². The molecule has 1 N–H and O–H groups in total. The SMILES string of the molecule is Cc1noc(CN2CCC([C@H]3CCCCCN3C(=O)Nc3ccccc3)CC2)n1. The molecule has 4 rings (SSSR count). The first kappa shape index (κ1) is 19.9. The Morgan fingerprint density at radius 1 is 1.10 bits per heavy atom. The van der Waals surface area contributed by atoms with Gasteiger partial charge in [-0.2, -0.15) is 4.98 Å². The van der Waals surface area contributed by atoms with Gasteiger partial charge in [0.05, 0.1) is 6.54 Å². The molecule has 0 bridgehead atoms. The fourth-order valence-corrected chi connectivity index (χ4v) is 4.68. The topological polar surface area (TPSA) is 74.5 Å². The second kappa shape index (κ2) is 9.39. The Bertz CT molecular complexity index is 786. The number of likely N-dealkylation sites (tertiary alicyclic amines) is 2. The van der Waals surface area contributed by atoms with Crippen molar-refractivity contribution in [3.05, 3.63) is 42.0 Å². The van der Waals surface area contributed by atoms with Crippen LogP contribution in [0.15, 0.2) is 34.9 Å². The van der Waals surface area contributed by atoms with Crippen molar-refractivity contribution >= 4 is 11.7 Å². The van der Waals surface area contributed by atoms with Gasteiger partial charge < -0.3 is 14.7 Å². The molecule has 2 aliphatic rings. The number of hydrogen-bond donors (Lipinski definition) is 1. The van der Waals surface area contributed by atoms with Crippen molar-refractivity contribution in [2.75, 3.05) is 25.0 Å². The number of urea groups is 1. The summed E-state index contributed by atoms with van der Waals surface area (Å²) in [5.41, 5.74) is 0.866. The van der Waals surface area contributed by atoms with E-state index >= 15 is 0 Å². The molecule has 29 heavy (non-hydrogen) atoms. The van der Waals surface area contributed by atoms with Gasteiger partial charge in [0.2, 0.25) is 5.89 Å². The zero-order valence-corrected chi connectivity index (χ0v) is 17.2. The van der Waals surface area contributed by atoms with E-state index in [4.69, 9.17) is 4.52 Å². The maximum absolute atomic E-state index is 13.1. The van der Waals surface area contributed by atoms with Crippen LogP contribution in [-0.4, -0.2) is 51.6 Å². The summed E-state index contributed by atoms with van der Waals surface area (Å²) in [5.74, 6) is 1.93. The number of aryl methyl sites for hydroxylation is 1. The van der Waals surface area contributed by atoms with Gasteiger partial charge in [0.25, 0.3) is 0 Å². The number of anilines is 1. The molecule has 7 heteroatoms. The van der Waals surface area contributed by atoms with Crippen LogP contribution in [0.5, 0.6) is 0 Å². The molecule has 2 fully saturated rings. The standard InChI is InChI=1S/C22H31N5O2/c1-17-23-21(29-25-17)16-26-14-11-18(12-15-26)20-10-6-3-7-13-27(20)22(28)24-19-8-4-2-5-9-19/h2,4-5,8-9,18,20H,3,6-7,10-16H2,1H3,(H,24,28)/t20-/m1/s1. The third-order valence-electron chi connectivity index (χ3n) is 6.19. The number of para-hydroxylation sites is 1. The van der Waals surface area contributed by atoms with E-state index in [-0.39, 0.29) is 6.03 Å². The quantitative estimate of drug-likeness (QED) is 0.842. The van der Waals surface area contributed by atoms with E-state index in [2.05, 4.69) is 25.3 Å². The second-order valence-corrected chi connectivity index (χ2v) is 8.26. The number of nitrogens with one attached hydrogen (secondary N) is 1. The van der Waals surface area contributed by atoms with Crippen LogP contribution in [0.2, 0.25) is 0 Å². The van der Waals surface area contributed by atoms with Crippen LogP contribution in [-0.2, 0) is 6.54 Å². The zero-order valence-electron chi connectivity index (χ0n) is 17.2. The predicted octanol–water partition coefficient (Wildman–Crippen LogP) is 4.07. The van der Waals surface area contributed by atoms with Gasteiger partial charge in [-0.3, -0.25) is 4.90 Å². The highest BCUT2D eigenvalue weighted by Gasteiger charge is 2.34. The molecule has 0 spiro atoms. The van der Waals surface area contributed by atoms with E-state index in [1.54, 1.807) is 0 Å². The summed E-state index contributed by atoms with van der Waals surface area (Å²) in [4.78, 5) is 21.9. The van der Waals surface area contributed by atoms with Gasteiger partial charge in [-0.05, 0) is 63.7 Å². The number of rotatable bonds is 4. The zero-order chi connectivity index (χ0) is 20.1. The number of benzene rings is 1. The monoisotopic (exact) mass is 397 g/mol. The number of amides is 2. The molecule has 2 saturated heterocycles. The van der Waals surface area contributed by atoms with Crippen molar-refractivity contribution in [2.24, 2.45) is 5.92 Å². The van der Waals surface area contributed by atoms with Crippen LogP contribution in [0, 0.1) is 12.8 Å². The predicted molar refractivity (Wildman–Crippen MR) is 111 cm³/mol. The maximum Gasteiger partial charge on any atom is 0.322 e. The molecule has 2 aliphatic heterocycles. The Hall–Kier alpha value is -2.41. The Kier molecular flexibility index (Phi) is 6.44. The normalized spacial score (nSPS) is 21.7. The molecule has 0 radical (unpaired) electrons. The molecule has 1 atom stereocenters. The minimum Gasteiger partial charge on any atom is -0.338 e. The summed E-state index contributed by atoms with van der Waals surface area (Å²) in [6, 6.07) is 10.1. The lowest BCUT2D eigenvalue weighted by molar-refractivity contribution is 0.0974. The lowest BCUT2D eigenvalue weighted by atomic mass is 9.86. The average molecular weight is 398 g/mol. The van der Waals surface area contributed by atoms with Gasteiger partial charge >= 0.3 is 6.03 Å². The number of nitrogens with zero attached hydrogens (tertiary/aromatic N) is 4.